The SMILES string of the molecule is NS(=O)(=O)c1ccc(-c2oc3cc(F)ccc3c(=S)c2-c2cccnc2)cc1. The Morgan fingerprint density at radius 1 is 1.04 bits per heavy atom. The minimum absolute atomic E-state index is 0.0235. The molecule has 28 heavy (non-hydrogen) atoms. The van der Waals surface area contributed by atoms with Crippen molar-refractivity contribution in [2.75, 3.05) is 0 Å². The normalized spacial score (nSPS) is 11.6. The summed E-state index contributed by atoms with van der Waals surface area (Å²) in [5, 5.41) is 5.76. The Kier molecular flexibility index (Phi) is 4.54. The fourth-order valence-electron chi connectivity index (χ4n) is 2.94. The van der Waals surface area contributed by atoms with Gasteiger partial charge < -0.3 is 4.42 Å². The second kappa shape index (κ2) is 6.90. The van der Waals surface area contributed by atoms with Gasteiger partial charge in [0.15, 0.2) is 0 Å². The molecule has 0 unspecified atom stereocenters. The van der Waals surface area contributed by atoms with Crippen molar-refractivity contribution in [2.45, 2.75) is 4.90 Å². The van der Waals surface area contributed by atoms with Gasteiger partial charge in [-0.15, -0.1) is 0 Å². The summed E-state index contributed by atoms with van der Waals surface area (Å²) in [5.41, 5.74) is 2.21. The molecule has 4 rings (SSSR count). The molecule has 4 aromatic rings. The Morgan fingerprint density at radius 3 is 2.43 bits per heavy atom. The maximum atomic E-state index is 13.7. The number of aromatic nitrogens is 1. The summed E-state index contributed by atoms with van der Waals surface area (Å²) in [6.07, 6.45) is 3.29. The molecule has 0 spiro atoms. The number of sulfonamides is 1. The molecule has 0 saturated carbocycles. The molecule has 5 nitrogen and oxygen atoms in total. The third-order valence-corrected chi connectivity index (χ3v) is 5.60. The standard InChI is InChI=1S/C20H13FN2O3S2/c21-14-5-8-16-17(10-14)26-19(12-3-6-15(7-4-12)28(22,24)25)18(20(16)27)13-2-1-9-23-11-13/h1-11H,(H2,22,24,25). The van der Waals surface area contributed by atoms with Crippen molar-refractivity contribution < 1.29 is 17.2 Å². The van der Waals surface area contributed by atoms with Crippen LogP contribution >= 0.6 is 12.2 Å². The fraction of sp³-hybridized carbons (Fsp3) is 0. The molecule has 2 heterocycles. The van der Waals surface area contributed by atoms with Crippen LogP contribution in [0.4, 0.5) is 4.39 Å². The van der Waals surface area contributed by atoms with E-state index in [0.29, 0.717) is 32.4 Å². The number of halogens is 1. The van der Waals surface area contributed by atoms with Crippen LogP contribution in [0.2, 0.25) is 0 Å². The highest BCUT2D eigenvalue weighted by atomic mass is 32.2. The van der Waals surface area contributed by atoms with Crippen LogP contribution in [-0.2, 0) is 10.0 Å². The number of rotatable bonds is 3. The predicted molar refractivity (Wildman–Crippen MR) is 107 cm³/mol. The first-order chi connectivity index (χ1) is 13.3. The third kappa shape index (κ3) is 3.33. The highest BCUT2D eigenvalue weighted by Gasteiger charge is 2.17. The van der Waals surface area contributed by atoms with Gasteiger partial charge in [0.25, 0.3) is 0 Å². The second-order valence-electron chi connectivity index (χ2n) is 6.09. The van der Waals surface area contributed by atoms with E-state index in [1.54, 1.807) is 36.7 Å². The van der Waals surface area contributed by atoms with Crippen molar-refractivity contribution >= 4 is 33.2 Å². The van der Waals surface area contributed by atoms with Crippen molar-refractivity contribution in [2.24, 2.45) is 5.14 Å². The van der Waals surface area contributed by atoms with Crippen molar-refractivity contribution in [3.8, 4) is 22.5 Å². The van der Waals surface area contributed by atoms with E-state index in [2.05, 4.69) is 4.98 Å². The van der Waals surface area contributed by atoms with E-state index in [0.717, 1.165) is 5.56 Å². The number of pyridine rings is 1. The Labute approximate surface area is 165 Å². The van der Waals surface area contributed by atoms with E-state index in [-0.39, 0.29) is 4.90 Å². The highest BCUT2D eigenvalue weighted by Crippen LogP contribution is 2.37. The van der Waals surface area contributed by atoms with Gasteiger partial charge in [-0.2, -0.15) is 0 Å². The van der Waals surface area contributed by atoms with Gasteiger partial charge in [-0.05, 0) is 42.5 Å². The van der Waals surface area contributed by atoms with E-state index < -0.39 is 15.8 Å². The lowest BCUT2D eigenvalue weighted by atomic mass is 10.00. The summed E-state index contributed by atoms with van der Waals surface area (Å²) < 4.78 is 43.3. The van der Waals surface area contributed by atoms with Crippen LogP contribution in [0.1, 0.15) is 0 Å². The third-order valence-electron chi connectivity index (χ3n) is 4.25. The Hall–Kier alpha value is -2.94. The topological polar surface area (TPSA) is 86.2 Å². The summed E-state index contributed by atoms with van der Waals surface area (Å²) in [6, 6.07) is 13.7. The molecule has 0 atom stereocenters. The van der Waals surface area contributed by atoms with E-state index in [1.165, 1.54) is 24.3 Å². The zero-order chi connectivity index (χ0) is 19.9. The van der Waals surface area contributed by atoms with E-state index in [9.17, 15) is 12.8 Å². The first kappa shape index (κ1) is 18.4. The molecule has 2 aromatic carbocycles. The molecule has 0 fully saturated rings. The largest absolute Gasteiger partial charge is 0.455 e. The quantitative estimate of drug-likeness (QED) is 0.494. The van der Waals surface area contributed by atoms with Crippen LogP contribution in [0, 0.1) is 10.3 Å². The van der Waals surface area contributed by atoms with Gasteiger partial charge in [-0.3, -0.25) is 4.98 Å². The molecule has 0 aliphatic rings. The average molecular weight is 412 g/mol. The van der Waals surface area contributed by atoms with E-state index in [1.807, 2.05) is 6.07 Å². The molecule has 0 radical (unpaired) electrons. The Balaban J connectivity index is 2.05. The Morgan fingerprint density at radius 2 is 1.79 bits per heavy atom. The van der Waals surface area contributed by atoms with Crippen molar-refractivity contribution in [1.29, 1.82) is 0 Å². The van der Waals surface area contributed by atoms with Crippen LogP contribution < -0.4 is 5.14 Å². The molecule has 0 aliphatic heterocycles. The van der Waals surface area contributed by atoms with Crippen LogP contribution in [0.5, 0.6) is 0 Å². The number of hydrogen-bond donors (Lipinski definition) is 1. The number of nitrogens with two attached hydrogens (primary N) is 1. The van der Waals surface area contributed by atoms with Crippen LogP contribution in [0.15, 0.2) is 76.3 Å². The fourth-order valence-corrected chi connectivity index (χ4v) is 3.83. The smallest absolute Gasteiger partial charge is 0.238 e. The lowest BCUT2D eigenvalue weighted by Crippen LogP contribution is -2.11. The molecule has 0 aliphatic carbocycles. The molecular weight excluding hydrogens is 399 g/mol. The zero-order valence-corrected chi connectivity index (χ0v) is 15.9. The van der Waals surface area contributed by atoms with Gasteiger partial charge in [-0.25, -0.2) is 17.9 Å². The maximum absolute atomic E-state index is 13.7. The van der Waals surface area contributed by atoms with Crippen molar-refractivity contribution in [1.82, 2.24) is 4.98 Å². The van der Waals surface area contributed by atoms with Gasteiger partial charge in [0.2, 0.25) is 10.0 Å². The van der Waals surface area contributed by atoms with Crippen LogP contribution in [-0.4, -0.2) is 13.4 Å². The molecule has 140 valence electrons. The van der Waals surface area contributed by atoms with Gasteiger partial charge in [0.1, 0.15) is 17.2 Å². The van der Waals surface area contributed by atoms with Crippen LogP contribution in [0.3, 0.4) is 0 Å². The van der Waals surface area contributed by atoms with Gasteiger partial charge in [0.05, 0.1) is 9.41 Å². The molecule has 0 amide bonds. The van der Waals surface area contributed by atoms with Gasteiger partial charge in [0, 0.05) is 40.5 Å². The lowest BCUT2D eigenvalue weighted by molar-refractivity contribution is 0.596. The first-order valence-electron chi connectivity index (χ1n) is 8.14. The van der Waals surface area contributed by atoms with Gasteiger partial charge >= 0.3 is 0 Å². The molecule has 2 aromatic heterocycles. The summed E-state index contributed by atoms with van der Waals surface area (Å²) in [5.74, 6) is -0.0626. The molecule has 8 heteroatoms. The lowest BCUT2D eigenvalue weighted by Gasteiger charge is -2.12. The molecule has 0 bridgehead atoms. The number of nitrogens with zero attached hydrogens (tertiary/aromatic N) is 1. The monoisotopic (exact) mass is 412 g/mol. The number of benzene rings is 2. The van der Waals surface area contributed by atoms with Crippen molar-refractivity contribution in [3.63, 3.8) is 0 Å². The average Bonchev–Trinajstić information content (AvgIpc) is 2.67. The van der Waals surface area contributed by atoms with Gasteiger partial charge in [-0.1, -0.05) is 18.3 Å². The van der Waals surface area contributed by atoms with Crippen LogP contribution in [0.25, 0.3) is 33.4 Å². The minimum atomic E-state index is -3.82. The summed E-state index contributed by atoms with van der Waals surface area (Å²) in [7, 11) is -3.82. The summed E-state index contributed by atoms with van der Waals surface area (Å²) >= 11 is 5.67. The molecule has 0 saturated heterocycles. The molecular formula is C20H13FN2O3S2. The summed E-state index contributed by atoms with van der Waals surface area (Å²) in [6.45, 7) is 0. The predicted octanol–water partition coefficient (Wildman–Crippen LogP) is 4.68. The maximum Gasteiger partial charge on any atom is 0.238 e. The second-order valence-corrected chi connectivity index (χ2v) is 8.06. The molecule has 2 N–H and O–H groups in total. The van der Waals surface area contributed by atoms with Crippen molar-refractivity contribution in [3.05, 3.63) is 77.3 Å². The summed E-state index contributed by atoms with van der Waals surface area (Å²) in [4.78, 5) is 4.11. The number of hydrogen-bond acceptors (Lipinski definition) is 5. The highest BCUT2D eigenvalue weighted by molar-refractivity contribution is 7.89. The number of primary sulfonamides is 1. The van der Waals surface area contributed by atoms with E-state index in [4.69, 9.17) is 21.8 Å². The first-order valence-corrected chi connectivity index (χ1v) is 10.1. The minimum Gasteiger partial charge on any atom is -0.455 e. The number of fused-ring (bicyclic) bond motifs is 1. The van der Waals surface area contributed by atoms with E-state index >= 15 is 0 Å². The zero-order valence-electron chi connectivity index (χ0n) is 14.3. The Bertz CT molecular complexity index is 1350.